The van der Waals surface area contributed by atoms with E-state index in [0.29, 0.717) is 28.1 Å². The number of furan rings is 1. The Kier molecular flexibility index (Phi) is 4.37. The van der Waals surface area contributed by atoms with Crippen LogP contribution in [0.5, 0.6) is 0 Å². The molecule has 1 heterocycles. The molecule has 1 N–H and O–H groups in total. The van der Waals surface area contributed by atoms with E-state index in [4.69, 9.17) is 4.42 Å². The van der Waals surface area contributed by atoms with Crippen molar-refractivity contribution in [3.05, 3.63) is 57.5 Å². The van der Waals surface area contributed by atoms with E-state index in [1.807, 2.05) is 6.92 Å². The third-order valence-corrected chi connectivity index (χ3v) is 3.30. The molecule has 102 valence electrons. The van der Waals surface area contributed by atoms with Gasteiger partial charge in [0.1, 0.15) is 17.4 Å². The van der Waals surface area contributed by atoms with Gasteiger partial charge in [-0.3, -0.25) is 0 Å². The number of hydrogen-bond donors (Lipinski definition) is 1. The summed E-state index contributed by atoms with van der Waals surface area (Å²) >= 11 is 3.22. The minimum absolute atomic E-state index is 0.377. The van der Waals surface area contributed by atoms with Gasteiger partial charge < -0.3 is 9.73 Å². The summed E-state index contributed by atoms with van der Waals surface area (Å²) in [6.45, 7) is 4.16. The Morgan fingerprint density at radius 2 is 2.00 bits per heavy atom. The molecule has 2 aromatic rings. The standard InChI is InChI=1S/C14H14BrF2NO/c1-3-18-14(12-4-5-13(15)19-12)9-6-8(2)10(16)7-11(9)17/h4-7,14,18H,3H2,1-2H3. The molecule has 19 heavy (non-hydrogen) atoms. The second-order valence-electron chi connectivity index (χ2n) is 4.26. The average molecular weight is 330 g/mol. The summed E-state index contributed by atoms with van der Waals surface area (Å²) in [5, 5.41) is 3.14. The van der Waals surface area contributed by atoms with Crippen molar-refractivity contribution in [3.8, 4) is 0 Å². The van der Waals surface area contributed by atoms with Gasteiger partial charge in [0.05, 0.1) is 6.04 Å². The third-order valence-electron chi connectivity index (χ3n) is 2.88. The number of aryl methyl sites for hydroxylation is 1. The molecule has 0 aliphatic heterocycles. The summed E-state index contributed by atoms with van der Waals surface area (Å²) in [6, 6.07) is 5.49. The molecule has 5 heteroatoms. The molecule has 0 radical (unpaired) electrons. The lowest BCUT2D eigenvalue weighted by atomic mass is 10.0. The van der Waals surface area contributed by atoms with E-state index in [1.165, 1.54) is 6.07 Å². The molecule has 0 aliphatic carbocycles. The van der Waals surface area contributed by atoms with Crippen molar-refractivity contribution in [1.82, 2.24) is 5.32 Å². The Balaban J connectivity index is 2.47. The maximum atomic E-state index is 14.0. The van der Waals surface area contributed by atoms with Crippen LogP contribution >= 0.6 is 15.9 Å². The fraction of sp³-hybridized carbons (Fsp3) is 0.286. The topological polar surface area (TPSA) is 25.2 Å². The van der Waals surface area contributed by atoms with Gasteiger partial charge in [-0.25, -0.2) is 8.78 Å². The molecular weight excluding hydrogens is 316 g/mol. The highest BCUT2D eigenvalue weighted by Gasteiger charge is 2.21. The largest absolute Gasteiger partial charge is 0.452 e. The van der Waals surface area contributed by atoms with E-state index in [0.717, 1.165) is 6.07 Å². The lowest BCUT2D eigenvalue weighted by Crippen LogP contribution is -2.22. The molecule has 0 amide bonds. The van der Waals surface area contributed by atoms with E-state index >= 15 is 0 Å². The molecule has 1 atom stereocenters. The molecule has 1 aromatic carbocycles. The fourth-order valence-electron chi connectivity index (χ4n) is 1.95. The van der Waals surface area contributed by atoms with Crippen molar-refractivity contribution in [2.24, 2.45) is 0 Å². The van der Waals surface area contributed by atoms with Gasteiger partial charge in [-0.1, -0.05) is 6.92 Å². The summed E-state index contributed by atoms with van der Waals surface area (Å²) < 4.78 is 33.3. The monoisotopic (exact) mass is 329 g/mol. The second-order valence-corrected chi connectivity index (χ2v) is 5.04. The van der Waals surface area contributed by atoms with Crippen molar-refractivity contribution < 1.29 is 13.2 Å². The summed E-state index contributed by atoms with van der Waals surface area (Å²) in [7, 11) is 0. The highest BCUT2D eigenvalue weighted by atomic mass is 79.9. The molecule has 0 spiro atoms. The van der Waals surface area contributed by atoms with Crippen LogP contribution in [0.1, 0.15) is 29.9 Å². The summed E-state index contributed by atoms with van der Waals surface area (Å²) in [4.78, 5) is 0. The van der Waals surface area contributed by atoms with E-state index in [1.54, 1.807) is 19.1 Å². The zero-order valence-corrected chi connectivity index (χ0v) is 12.2. The third kappa shape index (κ3) is 3.04. The van der Waals surface area contributed by atoms with Crippen LogP contribution in [-0.2, 0) is 0 Å². The highest BCUT2D eigenvalue weighted by molar-refractivity contribution is 9.10. The smallest absolute Gasteiger partial charge is 0.169 e. The van der Waals surface area contributed by atoms with Crippen LogP contribution in [-0.4, -0.2) is 6.54 Å². The number of benzene rings is 1. The van der Waals surface area contributed by atoms with Crippen LogP contribution in [0.3, 0.4) is 0 Å². The molecule has 0 fully saturated rings. The van der Waals surface area contributed by atoms with Gasteiger partial charge in [0, 0.05) is 11.6 Å². The quantitative estimate of drug-likeness (QED) is 0.903. The van der Waals surface area contributed by atoms with Crippen LogP contribution < -0.4 is 5.32 Å². The van der Waals surface area contributed by atoms with Gasteiger partial charge in [0.2, 0.25) is 0 Å². The van der Waals surface area contributed by atoms with Crippen LogP contribution in [0, 0.1) is 18.6 Å². The summed E-state index contributed by atoms with van der Waals surface area (Å²) in [6.07, 6.45) is 0. The number of hydrogen-bond acceptors (Lipinski definition) is 2. The Morgan fingerprint density at radius 1 is 1.26 bits per heavy atom. The van der Waals surface area contributed by atoms with Gasteiger partial charge in [-0.15, -0.1) is 0 Å². The maximum absolute atomic E-state index is 14.0. The van der Waals surface area contributed by atoms with Crippen LogP contribution in [0.15, 0.2) is 33.4 Å². The first-order chi connectivity index (χ1) is 9.02. The number of rotatable bonds is 4. The van der Waals surface area contributed by atoms with E-state index in [-0.39, 0.29) is 0 Å². The molecular formula is C14H14BrF2NO. The molecule has 0 saturated carbocycles. The maximum Gasteiger partial charge on any atom is 0.169 e. The fourth-order valence-corrected chi connectivity index (χ4v) is 2.27. The minimum Gasteiger partial charge on any atom is -0.452 e. The van der Waals surface area contributed by atoms with Crippen molar-refractivity contribution in [1.29, 1.82) is 0 Å². The molecule has 0 bridgehead atoms. The molecule has 2 rings (SSSR count). The Labute approximate surface area is 118 Å². The molecule has 1 unspecified atom stereocenters. The lowest BCUT2D eigenvalue weighted by molar-refractivity contribution is 0.427. The lowest BCUT2D eigenvalue weighted by Gasteiger charge is -2.17. The van der Waals surface area contributed by atoms with Gasteiger partial charge in [0.15, 0.2) is 4.67 Å². The SMILES string of the molecule is CCNC(c1ccc(Br)o1)c1cc(C)c(F)cc1F. The Bertz CT molecular complexity index is 583. The van der Waals surface area contributed by atoms with Gasteiger partial charge in [-0.05, 0) is 53.2 Å². The summed E-state index contributed by atoms with van der Waals surface area (Å²) in [5.41, 5.74) is 0.785. The molecule has 2 nitrogen and oxygen atoms in total. The average Bonchev–Trinajstić information content (AvgIpc) is 2.78. The first kappa shape index (κ1) is 14.2. The first-order valence-corrected chi connectivity index (χ1v) is 6.76. The van der Waals surface area contributed by atoms with Gasteiger partial charge in [-0.2, -0.15) is 0 Å². The minimum atomic E-state index is -0.582. The van der Waals surface area contributed by atoms with Crippen LogP contribution in [0.2, 0.25) is 0 Å². The van der Waals surface area contributed by atoms with E-state index in [2.05, 4.69) is 21.2 Å². The zero-order chi connectivity index (χ0) is 14.0. The highest BCUT2D eigenvalue weighted by Crippen LogP contribution is 2.29. The van der Waals surface area contributed by atoms with Crippen molar-refractivity contribution in [3.63, 3.8) is 0 Å². The normalized spacial score (nSPS) is 12.7. The van der Waals surface area contributed by atoms with Crippen LogP contribution in [0.4, 0.5) is 8.78 Å². The van der Waals surface area contributed by atoms with E-state index < -0.39 is 17.7 Å². The van der Waals surface area contributed by atoms with Gasteiger partial charge >= 0.3 is 0 Å². The molecule has 0 saturated heterocycles. The number of nitrogens with one attached hydrogen (secondary N) is 1. The Hall–Kier alpha value is -1.20. The predicted molar refractivity (Wildman–Crippen MR) is 73.0 cm³/mol. The number of halogens is 3. The molecule has 0 aliphatic rings. The summed E-state index contributed by atoms with van der Waals surface area (Å²) in [5.74, 6) is -0.544. The van der Waals surface area contributed by atoms with Gasteiger partial charge in [0.25, 0.3) is 0 Å². The Morgan fingerprint density at radius 3 is 2.58 bits per heavy atom. The van der Waals surface area contributed by atoms with Crippen molar-refractivity contribution in [2.45, 2.75) is 19.9 Å². The first-order valence-electron chi connectivity index (χ1n) is 5.97. The van der Waals surface area contributed by atoms with Crippen molar-refractivity contribution >= 4 is 15.9 Å². The van der Waals surface area contributed by atoms with Crippen molar-refractivity contribution in [2.75, 3.05) is 6.54 Å². The predicted octanol–water partition coefficient (Wildman–Crippen LogP) is 4.33. The van der Waals surface area contributed by atoms with E-state index in [9.17, 15) is 8.78 Å². The molecule has 1 aromatic heterocycles. The van der Waals surface area contributed by atoms with Crippen LogP contribution in [0.25, 0.3) is 0 Å². The zero-order valence-electron chi connectivity index (χ0n) is 10.6. The second kappa shape index (κ2) is 5.84.